The van der Waals surface area contributed by atoms with Crippen molar-refractivity contribution in [2.45, 2.75) is 32.3 Å². The van der Waals surface area contributed by atoms with E-state index in [1.165, 1.54) is 5.56 Å². The number of nitrogens with one attached hydrogen (secondary N) is 1. The van der Waals surface area contributed by atoms with Gasteiger partial charge in [0.15, 0.2) is 11.9 Å². The van der Waals surface area contributed by atoms with Crippen molar-refractivity contribution in [1.82, 2.24) is 9.97 Å². The van der Waals surface area contributed by atoms with Crippen LogP contribution in [0.15, 0.2) is 30.3 Å². The average Bonchev–Trinajstić information content (AvgIpc) is 2.91. The Morgan fingerprint density at radius 3 is 2.95 bits per heavy atom. The van der Waals surface area contributed by atoms with Crippen LogP contribution in [0.3, 0.4) is 0 Å². The molecule has 0 radical (unpaired) electrons. The Morgan fingerprint density at radius 2 is 2.20 bits per heavy atom. The number of ether oxygens (including phenoxy) is 1. The maximum absolute atomic E-state index is 5.93. The standard InChI is InChI=1S/C15H18N4O/c1-2-5-11-9-14(19-16)18-15(17-11)13-8-10-6-3-4-7-12(10)20-13/h3-4,6-7,9,13H,2,5,8,16H2,1H3,(H,17,18,19). The monoisotopic (exact) mass is 270 g/mol. The first-order valence-electron chi connectivity index (χ1n) is 6.89. The largest absolute Gasteiger partial charge is 0.482 e. The SMILES string of the molecule is CCCc1cc(NN)nc(C2Cc3ccccc3O2)n1. The van der Waals surface area contributed by atoms with Crippen LogP contribution in [-0.4, -0.2) is 9.97 Å². The molecule has 1 aromatic heterocycles. The molecule has 0 saturated heterocycles. The fourth-order valence-corrected chi connectivity index (χ4v) is 2.45. The first-order valence-corrected chi connectivity index (χ1v) is 6.89. The van der Waals surface area contributed by atoms with Crippen molar-refractivity contribution in [1.29, 1.82) is 0 Å². The molecule has 0 aliphatic carbocycles. The Morgan fingerprint density at radius 1 is 1.35 bits per heavy atom. The molecular weight excluding hydrogens is 252 g/mol. The quantitative estimate of drug-likeness (QED) is 0.659. The predicted molar refractivity (Wildman–Crippen MR) is 77.4 cm³/mol. The highest BCUT2D eigenvalue weighted by Gasteiger charge is 2.26. The van der Waals surface area contributed by atoms with Gasteiger partial charge in [-0.25, -0.2) is 15.8 Å². The fraction of sp³-hybridized carbons (Fsp3) is 0.333. The first kappa shape index (κ1) is 12.9. The van der Waals surface area contributed by atoms with Crippen molar-refractivity contribution >= 4 is 5.82 Å². The smallest absolute Gasteiger partial charge is 0.172 e. The minimum absolute atomic E-state index is 0.128. The molecule has 1 atom stereocenters. The maximum Gasteiger partial charge on any atom is 0.172 e. The van der Waals surface area contributed by atoms with E-state index in [0.717, 1.165) is 30.7 Å². The third-order valence-corrected chi connectivity index (χ3v) is 3.39. The summed E-state index contributed by atoms with van der Waals surface area (Å²) < 4.78 is 5.93. The van der Waals surface area contributed by atoms with Crippen LogP contribution >= 0.6 is 0 Å². The molecule has 20 heavy (non-hydrogen) atoms. The van der Waals surface area contributed by atoms with E-state index >= 15 is 0 Å². The Hall–Kier alpha value is -2.14. The lowest BCUT2D eigenvalue weighted by Gasteiger charge is -2.12. The van der Waals surface area contributed by atoms with E-state index in [1.807, 2.05) is 24.3 Å². The van der Waals surface area contributed by atoms with Crippen molar-refractivity contribution in [3.8, 4) is 5.75 Å². The van der Waals surface area contributed by atoms with E-state index in [9.17, 15) is 0 Å². The van der Waals surface area contributed by atoms with Gasteiger partial charge in [0.2, 0.25) is 0 Å². The summed E-state index contributed by atoms with van der Waals surface area (Å²) in [7, 11) is 0. The number of anilines is 1. The number of nitrogens with two attached hydrogens (primary N) is 1. The summed E-state index contributed by atoms with van der Waals surface area (Å²) in [6, 6.07) is 9.93. The van der Waals surface area contributed by atoms with Crippen molar-refractivity contribution in [2.75, 3.05) is 5.43 Å². The molecule has 0 amide bonds. The summed E-state index contributed by atoms with van der Waals surface area (Å²) >= 11 is 0. The zero-order chi connectivity index (χ0) is 13.9. The highest BCUT2D eigenvalue weighted by atomic mass is 16.5. The number of benzene rings is 1. The predicted octanol–water partition coefficient (Wildman–Crippen LogP) is 2.39. The van der Waals surface area contributed by atoms with Crippen LogP contribution in [0.25, 0.3) is 0 Å². The molecule has 3 N–H and O–H groups in total. The topological polar surface area (TPSA) is 73.1 Å². The Bertz CT molecular complexity index is 590. The number of fused-ring (bicyclic) bond motifs is 1. The van der Waals surface area contributed by atoms with Crippen LogP contribution in [-0.2, 0) is 12.8 Å². The number of aromatic nitrogens is 2. The Labute approximate surface area is 118 Å². The van der Waals surface area contributed by atoms with Gasteiger partial charge < -0.3 is 10.2 Å². The van der Waals surface area contributed by atoms with E-state index in [0.29, 0.717) is 11.6 Å². The lowest BCUT2D eigenvalue weighted by molar-refractivity contribution is 0.227. The van der Waals surface area contributed by atoms with Gasteiger partial charge in [0.05, 0.1) is 0 Å². The molecular formula is C15H18N4O. The average molecular weight is 270 g/mol. The summed E-state index contributed by atoms with van der Waals surface area (Å²) in [5.74, 6) is 7.74. The number of hydrogen-bond acceptors (Lipinski definition) is 5. The summed E-state index contributed by atoms with van der Waals surface area (Å²) in [6.45, 7) is 2.12. The van der Waals surface area contributed by atoms with Crippen LogP contribution in [0.5, 0.6) is 5.75 Å². The summed E-state index contributed by atoms with van der Waals surface area (Å²) in [4.78, 5) is 9.03. The number of aryl methyl sites for hydroxylation is 1. The highest BCUT2D eigenvalue weighted by molar-refractivity contribution is 5.40. The molecule has 1 aliphatic rings. The van der Waals surface area contributed by atoms with Gasteiger partial charge in [-0.3, -0.25) is 0 Å². The molecule has 0 spiro atoms. The molecule has 3 rings (SSSR count). The molecule has 104 valence electrons. The summed E-state index contributed by atoms with van der Waals surface area (Å²) in [6.07, 6.45) is 2.61. The number of nitrogens with zero attached hydrogens (tertiary/aromatic N) is 2. The Kier molecular flexibility index (Phi) is 3.52. The fourth-order valence-electron chi connectivity index (χ4n) is 2.45. The van der Waals surface area contributed by atoms with Gasteiger partial charge in [0.1, 0.15) is 11.6 Å². The van der Waals surface area contributed by atoms with Gasteiger partial charge in [-0.15, -0.1) is 0 Å². The van der Waals surface area contributed by atoms with Crippen LogP contribution in [0.2, 0.25) is 0 Å². The lowest BCUT2D eigenvalue weighted by atomic mass is 10.1. The number of rotatable bonds is 4. The highest BCUT2D eigenvalue weighted by Crippen LogP contribution is 2.35. The van der Waals surface area contributed by atoms with Crippen molar-refractivity contribution in [2.24, 2.45) is 5.84 Å². The number of para-hydroxylation sites is 1. The molecule has 0 fully saturated rings. The van der Waals surface area contributed by atoms with Crippen molar-refractivity contribution in [3.63, 3.8) is 0 Å². The van der Waals surface area contributed by atoms with Crippen LogP contribution in [0.4, 0.5) is 5.82 Å². The molecule has 2 aromatic rings. The summed E-state index contributed by atoms with van der Waals surface area (Å²) in [5.41, 5.74) is 4.79. The van der Waals surface area contributed by atoms with Crippen LogP contribution < -0.4 is 16.0 Å². The normalized spacial score (nSPS) is 16.6. The van der Waals surface area contributed by atoms with Crippen molar-refractivity contribution in [3.05, 3.63) is 47.4 Å². The second-order valence-electron chi connectivity index (χ2n) is 4.92. The third kappa shape index (κ3) is 2.44. The van der Waals surface area contributed by atoms with Gasteiger partial charge in [-0.1, -0.05) is 31.5 Å². The molecule has 1 aromatic carbocycles. The molecule has 1 aliphatic heterocycles. The van der Waals surface area contributed by atoms with Gasteiger partial charge in [-0.05, 0) is 18.1 Å². The van der Waals surface area contributed by atoms with Gasteiger partial charge in [-0.2, -0.15) is 0 Å². The minimum atomic E-state index is -0.128. The zero-order valence-electron chi connectivity index (χ0n) is 11.5. The number of nitrogen functional groups attached to an aromatic ring is 1. The zero-order valence-corrected chi connectivity index (χ0v) is 11.5. The summed E-state index contributed by atoms with van der Waals surface area (Å²) in [5, 5.41) is 0. The van der Waals surface area contributed by atoms with Gasteiger partial charge in [0.25, 0.3) is 0 Å². The number of hydrazine groups is 1. The minimum Gasteiger partial charge on any atom is -0.482 e. The van der Waals surface area contributed by atoms with Gasteiger partial charge in [0, 0.05) is 18.2 Å². The van der Waals surface area contributed by atoms with Gasteiger partial charge >= 0.3 is 0 Å². The maximum atomic E-state index is 5.93. The second-order valence-corrected chi connectivity index (χ2v) is 4.92. The molecule has 2 heterocycles. The Balaban J connectivity index is 1.89. The lowest BCUT2D eigenvalue weighted by Crippen LogP contribution is -2.15. The van der Waals surface area contributed by atoms with Crippen molar-refractivity contribution < 1.29 is 4.74 Å². The van der Waals surface area contributed by atoms with E-state index in [4.69, 9.17) is 10.6 Å². The molecule has 0 saturated carbocycles. The van der Waals surface area contributed by atoms with E-state index in [2.05, 4.69) is 28.4 Å². The molecule has 5 heteroatoms. The van der Waals surface area contributed by atoms with Crippen LogP contribution in [0, 0.1) is 0 Å². The molecule has 0 bridgehead atoms. The molecule has 5 nitrogen and oxygen atoms in total. The van der Waals surface area contributed by atoms with E-state index in [1.54, 1.807) is 0 Å². The third-order valence-electron chi connectivity index (χ3n) is 3.39. The van der Waals surface area contributed by atoms with E-state index < -0.39 is 0 Å². The van der Waals surface area contributed by atoms with Crippen LogP contribution in [0.1, 0.15) is 36.5 Å². The van der Waals surface area contributed by atoms with E-state index in [-0.39, 0.29) is 6.10 Å². The molecule has 1 unspecified atom stereocenters. The second kappa shape index (κ2) is 5.46. The number of hydrogen-bond donors (Lipinski definition) is 2. The first-order chi connectivity index (χ1) is 9.80.